The van der Waals surface area contributed by atoms with Crippen LogP contribution in [0.3, 0.4) is 0 Å². The molecule has 0 atom stereocenters. The van der Waals surface area contributed by atoms with Crippen LogP contribution in [-0.4, -0.2) is 31.7 Å². The number of carbonyl (C=O) groups is 2. The van der Waals surface area contributed by atoms with Gasteiger partial charge in [-0.1, -0.05) is 12.1 Å². The number of hydrogen-bond donors (Lipinski definition) is 2. The van der Waals surface area contributed by atoms with Crippen LogP contribution in [0.15, 0.2) is 47.4 Å². The van der Waals surface area contributed by atoms with E-state index in [0.717, 1.165) is 11.3 Å². The van der Waals surface area contributed by atoms with Crippen molar-refractivity contribution in [1.82, 2.24) is 20.1 Å². The summed E-state index contributed by atoms with van der Waals surface area (Å²) in [6.07, 6.45) is 1.58. The maximum absolute atomic E-state index is 11.9. The summed E-state index contributed by atoms with van der Waals surface area (Å²) in [5.41, 5.74) is 3.57. The highest BCUT2D eigenvalue weighted by Gasteiger charge is 2.09. The van der Waals surface area contributed by atoms with E-state index in [2.05, 4.69) is 15.4 Å². The summed E-state index contributed by atoms with van der Waals surface area (Å²) >= 11 is 1.36. The molecular weight excluding hydrogens is 316 g/mol. The first-order valence-electron chi connectivity index (χ1n) is 6.68. The van der Waals surface area contributed by atoms with E-state index in [0.29, 0.717) is 12.2 Å². The Morgan fingerprint density at radius 1 is 1.26 bits per heavy atom. The lowest BCUT2D eigenvalue weighted by Crippen LogP contribution is -2.23. The zero-order valence-electron chi connectivity index (χ0n) is 11.8. The number of carboxylic acids is 1. The normalized spacial score (nSPS) is 10.4. The highest BCUT2D eigenvalue weighted by molar-refractivity contribution is 7.07. The number of rotatable bonds is 5. The minimum atomic E-state index is -1.07. The zero-order chi connectivity index (χ0) is 16.2. The van der Waals surface area contributed by atoms with Crippen LogP contribution in [0.4, 0.5) is 0 Å². The van der Waals surface area contributed by atoms with E-state index in [1.165, 1.54) is 22.1 Å². The quantitative estimate of drug-likeness (QED) is 0.746. The molecular formula is C15H12N4O3S. The third-order valence-electron chi connectivity index (χ3n) is 3.10. The number of benzene rings is 1. The predicted octanol–water partition coefficient (Wildman–Crippen LogP) is 1.96. The van der Waals surface area contributed by atoms with Crippen LogP contribution in [0, 0.1) is 0 Å². The molecule has 0 saturated carbocycles. The van der Waals surface area contributed by atoms with E-state index in [1.807, 2.05) is 24.3 Å². The van der Waals surface area contributed by atoms with E-state index < -0.39 is 5.97 Å². The molecule has 3 rings (SSSR count). The smallest absolute Gasteiger partial charge is 0.356 e. The number of hydrogen-bond acceptors (Lipinski definition) is 5. The van der Waals surface area contributed by atoms with Crippen LogP contribution in [-0.2, 0) is 6.54 Å². The molecule has 0 unspecified atom stereocenters. The predicted molar refractivity (Wildman–Crippen MR) is 83.8 cm³/mol. The Balaban J connectivity index is 1.72. The van der Waals surface area contributed by atoms with Gasteiger partial charge in [-0.05, 0) is 23.8 Å². The molecule has 0 saturated heterocycles. The van der Waals surface area contributed by atoms with E-state index in [-0.39, 0.29) is 11.6 Å². The summed E-state index contributed by atoms with van der Waals surface area (Å²) in [5, 5.41) is 17.4. The van der Waals surface area contributed by atoms with E-state index in [9.17, 15) is 9.59 Å². The zero-order valence-corrected chi connectivity index (χ0v) is 12.7. The number of carboxylic acid groups (broad SMARTS) is 1. The highest BCUT2D eigenvalue weighted by atomic mass is 32.1. The van der Waals surface area contributed by atoms with Gasteiger partial charge in [0.05, 0.1) is 11.2 Å². The van der Waals surface area contributed by atoms with Crippen molar-refractivity contribution in [2.75, 3.05) is 0 Å². The second kappa shape index (κ2) is 6.41. The maximum Gasteiger partial charge on any atom is 0.356 e. The molecule has 1 aromatic carbocycles. The molecule has 2 N–H and O–H groups in total. The molecule has 2 heterocycles. The topological polar surface area (TPSA) is 97.1 Å². The Bertz CT molecular complexity index is 842. The summed E-state index contributed by atoms with van der Waals surface area (Å²) in [7, 11) is 0. The van der Waals surface area contributed by atoms with Gasteiger partial charge in [0, 0.05) is 18.1 Å². The van der Waals surface area contributed by atoms with Crippen LogP contribution in [0.2, 0.25) is 0 Å². The van der Waals surface area contributed by atoms with Gasteiger partial charge in [0.2, 0.25) is 0 Å². The minimum Gasteiger partial charge on any atom is -0.476 e. The summed E-state index contributed by atoms with van der Waals surface area (Å²) in [5.74, 6) is -1.31. The van der Waals surface area contributed by atoms with Gasteiger partial charge in [-0.25, -0.2) is 14.5 Å². The molecule has 8 heteroatoms. The SMILES string of the molecule is O=C(O)c1ccn(-c2cccc(CNC(=O)c3cscn3)c2)n1. The van der Waals surface area contributed by atoms with Crippen LogP contribution in [0.1, 0.15) is 26.5 Å². The van der Waals surface area contributed by atoms with E-state index >= 15 is 0 Å². The fourth-order valence-corrected chi connectivity index (χ4v) is 2.52. The van der Waals surface area contributed by atoms with Gasteiger partial charge in [-0.2, -0.15) is 5.10 Å². The molecule has 3 aromatic rings. The number of aromatic nitrogens is 3. The van der Waals surface area contributed by atoms with Crippen molar-refractivity contribution < 1.29 is 14.7 Å². The summed E-state index contributed by atoms with van der Waals surface area (Å²) < 4.78 is 1.48. The van der Waals surface area contributed by atoms with Gasteiger partial charge in [0.25, 0.3) is 5.91 Å². The Labute approximate surface area is 135 Å². The van der Waals surface area contributed by atoms with Crippen molar-refractivity contribution >= 4 is 23.2 Å². The highest BCUT2D eigenvalue weighted by Crippen LogP contribution is 2.11. The van der Waals surface area contributed by atoms with Crippen molar-refractivity contribution in [3.05, 3.63) is 64.4 Å². The lowest BCUT2D eigenvalue weighted by atomic mass is 10.2. The average molecular weight is 328 g/mol. The summed E-state index contributed by atoms with van der Waals surface area (Å²) in [4.78, 5) is 26.7. The third-order valence-corrected chi connectivity index (χ3v) is 3.69. The largest absolute Gasteiger partial charge is 0.476 e. The number of aromatic carboxylic acids is 1. The molecule has 116 valence electrons. The lowest BCUT2D eigenvalue weighted by molar-refractivity contribution is 0.0689. The molecule has 0 aliphatic heterocycles. The fourth-order valence-electron chi connectivity index (χ4n) is 1.99. The van der Waals surface area contributed by atoms with Gasteiger partial charge in [-0.15, -0.1) is 11.3 Å². The molecule has 0 fully saturated rings. The standard InChI is InChI=1S/C15H12N4O3S/c20-14(13-8-23-9-17-13)16-7-10-2-1-3-11(6-10)19-5-4-12(18-19)15(21)22/h1-6,8-9H,7H2,(H,16,20)(H,21,22). The minimum absolute atomic E-state index is 0.0211. The number of carbonyl (C=O) groups excluding carboxylic acids is 1. The van der Waals surface area contributed by atoms with Gasteiger partial charge in [0.1, 0.15) is 5.69 Å². The van der Waals surface area contributed by atoms with Crippen LogP contribution in [0.5, 0.6) is 0 Å². The number of nitrogens with zero attached hydrogens (tertiary/aromatic N) is 3. The molecule has 7 nitrogen and oxygen atoms in total. The molecule has 0 aliphatic carbocycles. The van der Waals surface area contributed by atoms with Crippen LogP contribution < -0.4 is 5.32 Å². The Morgan fingerprint density at radius 3 is 2.83 bits per heavy atom. The van der Waals surface area contributed by atoms with Crippen LogP contribution >= 0.6 is 11.3 Å². The number of amides is 1. The van der Waals surface area contributed by atoms with Crippen molar-refractivity contribution in [2.45, 2.75) is 6.54 Å². The summed E-state index contributed by atoms with van der Waals surface area (Å²) in [6, 6.07) is 8.76. The van der Waals surface area contributed by atoms with E-state index in [4.69, 9.17) is 5.11 Å². The van der Waals surface area contributed by atoms with Crippen LogP contribution in [0.25, 0.3) is 5.69 Å². The second-order valence-corrected chi connectivity index (χ2v) is 5.40. The summed E-state index contributed by atoms with van der Waals surface area (Å²) in [6.45, 7) is 0.345. The van der Waals surface area contributed by atoms with E-state index in [1.54, 1.807) is 17.1 Å². The third kappa shape index (κ3) is 3.43. The van der Waals surface area contributed by atoms with Crippen molar-refractivity contribution in [2.24, 2.45) is 0 Å². The average Bonchev–Trinajstić information content (AvgIpc) is 3.24. The number of thiazole rings is 1. The lowest BCUT2D eigenvalue weighted by Gasteiger charge is -2.06. The Morgan fingerprint density at radius 2 is 2.13 bits per heavy atom. The van der Waals surface area contributed by atoms with Crippen molar-refractivity contribution in [3.63, 3.8) is 0 Å². The first-order chi connectivity index (χ1) is 11.1. The molecule has 1 amide bonds. The molecule has 0 spiro atoms. The molecule has 0 radical (unpaired) electrons. The van der Waals surface area contributed by atoms with Gasteiger partial charge in [0.15, 0.2) is 5.69 Å². The van der Waals surface area contributed by atoms with Gasteiger partial charge >= 0.3 is 5.97 Å². The van der Waals surface area contributed by atoms with Crippen molar-refractivity contribution in [1.29, 1.82) is 0 Å². The maximum atomic E-state index is 11.9. The Kier molecular flexibility index (Phi) is 4.15. The first-order valence-corrected chi connectivity index (χ1v) is 7.62. The Hall–Kier alpha value is -3.00. The first kappa shape index (κ1) is 14.9. The van der Waals surface area contributed by atoms with Gasteiger partial charge < -0.3 is 10.4 Å². The molecule has 0 bridgehead atoms. The number of nitrogens with one attached hydrogen (secondary N) is 1. The molecule has 23 heavy (non-hydrogen) atoms. The molecule has 0 aliphatic rings. The fraction of sp³-hybridized carbons (Fsp3) is 0.0667. The van der Waals surface area contributed by atoms with Crippen molar-refractivity contribution in [3.8, 4) is 5.69 Å². The molecule has 2 aromatic heterocycles. The second-order valence-electron chi connectivity index (χ2n) is 4.68. The van der Waals surface area contributed by atoms with Gasteiger partial charge in [-0.3, -0.25) is 4.79 Å². The monoisotopic (exact) mass is 328 g/mol.